The number of ketones is 4. The molecule has 0 aliphatic rings. The molecular formula is C54H107N7O11. The maximum atomic E-state index is 11.1. The van der Waals surface area contributed by atoms with E-state index in [2.05, 4.69) is 37.2 Å². The summed E-state index contributed by atoms with van der Waals surface area (Å²) in [5.41, 5.74) is 0. The van der Waals surface area contributed by atoms with Crippen LogP contribution in [0, 0.1) is 41.4 Å². The van der Waals surface area contributed by atoms with Crippen LogP contribution in [0.3, 0.4) is 0 Å². The first-order chi connectivity index (χ1) is 33.3. The third-order valence-electron chi connectivity index (χ3n) is 9.18. The molecule has 0 fully saturated rings. The number of amides is 7. The third-order valence-corrected chi connectivity index (χ3v) is 9.18. The van der Waals surface area contributed by atoms with Gasteiger partial charge < -0.3 is 46.8 Å². The van der Waals surface area contributed by atoms with Gasteiger partial charge in [0.15, 0.2) is 0 Å². The molecule has 0 saturated carbocycles. The summed E-state index contributed by atoms with van der Waals surface area (Å²) in [5.74, 6) is 1.90. The second-order valence-corrected chi connectivity index (χ2v) is 19.0. The Morgan fingerprint density at radius 2 is 0.500 bits per heavy atom. The molecule has 0 spiro atoms. The molecule has 0 heterocycles. The fraction of sp³-hybridized carbons (Fsp3) is 0.796. The lowest BCUT2D eigenvalue weighted by Crippen LogP contribution is -2.28. The second kappa shape index (κ2) is 55.3. The Kier molecular flexibility index (Phi) is 62.2. The lowest BCUT2D eigenvalue weighted by molar-refractivity contribution is -0.124. The number of nitrogens with one attached hydrogen (secondary N) is 7. The van der Waals surface area contributed by atoms with Crippen molar-refractivity contribution in [3.63, 3.8) is 0 Å². The summed E-state index contributed by atoms with van der Waals surface area (Å²) in [7, 11) is 3.28. The Morgan fingerprint density at radius 1 is 0.306 bits per heavy atom. The minimum atomic E-state index is 0.0295. The van der Waals surface area contributed by atoms with Crippen LogP contribution in [-0.2, 0) is 52.7 Å². The van der Waals surface area contributed by atoms with Crippen LogP contribution in [0.15, 0.2) is 0 Å². The summed E-state index contributed by atoms with van der Waals surface area (Å²) in [4.78, 5) is 118. The number of rotatable bonds is 26. The van der Waals surface area contributed by atoms with Gasteiger partial charge in [0.05, 0.1) is 0 Å². The van der Waals surface area contributed by atoms with E-state index in [1.54, 1.807) is 27.9 Å². The van der Waals surface area contributed by atoms with Gasteiger partial charge in [-0.2, -0.15) is 0 Å². The van der Waals surface area contributed by atoms with E-state index in [1.807, 2.05) is 118 Å². The fourth-order valence-corrected chi connectivity index (χ4v) is 4.22. The van der Waals surface area contributed by atoms with Gasteiger partial charge in [-0.1, -0.05) is 111 Å². The average Bonchev–Trinajstić information content (AvgIpc) is 3.31. The normalized spacial score (nSPS) is 9.83. The monoisotopic (exact) mass is 1030 g/mol. The predicted octanol–water partition coefficient (Wildman–Crippen LogP) is 6.85. The van der Waals surface area contributed by atoms with Gasteiger partial charge in [-0.25, -0.2) is 0 Å². The first-order valence-corrected chi connectivity index (χ1v) is 26.1. The molecule has 0 unspecified atom stereocenters. The molecular weight excluding hydrogens is 923 g/mol. The first kappa shape index (κ1) is 81.0. The van der Waals surface area contributed by atoms with E-state index in [-0.39, 0.29) is 106 Å². The molecule has 0 saturated heterocycles. The van der Waals surface area contributed by atoms with E-state index >= 15 is 0 Å². The molecule has 0 aromatic carbocycles. The zero-order chi connectivity index (χ0) is 57.9. The van der Waals surface area contributed by atoms with Crippen LogP contribution in [0.25, 0.3) is 0 Å². The van der Waals surface area contributed by atoms with Crippen LogP contribution in [0.2, 0.25) is 0 Å². The summed E-state index contributed by atoms with van der Waals surface area (Å²) in [5, 5.41) is 18.8. The SMILES string of the molecule is CC(=O)CCCNC(=O)C(C)C.CC(=O)CCCNC(=O)C(C)C.CCC(=O)CCCNC(=O)C(C)C.CCC(=O)CCCNC(=O)C(C)C.CCNC(=O)C(C)C.CNC(=O)C(C)C.CNC(=O)C(C)C. The third kappa shape index (κ3) is 69.2. The number of Topliss-reactive ketones (excluding diaryl/α,β-unsaturated/α-hetero) is 4. The van der Waals surface area contributed by atoms with E-state index < -0.39 is 0 Å². The highest BCUT2D eigenvalue weighted by Crippen LogP contribution is 1.98. The van der Waals surface area contributed by atoms with E-state index in [9.17, 15) is 52.7 Å². The van der Waals surface area contributed by atoms with Crippen LogP contribution in [-0.4, -0.2) is 111 Å². The van der Waals surface area contributed by atoms with Crippen LogP contribution in [0.5, 0.6) is 0 Å². The second-order valence-electron chi connectivity index (χ2n) is 19.0. The van der Waals surface area contributed by atoms with Crippen molar-refractivity contribution < 1.29 is 52.7 Å². The van der Waals surface area contributed by atoms with Crippen molar-refractivity contribution in [3.05, 3.63) is 0 Å². The van der Waals surface area contributed by atoms with Crippen molar-refractivity contribution >= 4 is 64.5 Å². The van der Waals surface area contributed by atoms with Crippen molar-refractivity contribution in [1.29, 1.82) is 0 Å². The van der Waals surface area contributed by atoms with E-state index in [1.165, 1.54) is 0 Å². The summed E-state index contributed by atoms with van der Waals surface area (Å²) in [6, 6.07) is 0. The summed E-state index contributed by atoms with van der Waals surface area (Å²) in [6.45, 7) is 37.9. The quantitative estimate of drug-likeness (QED) is 0.0441. The van der Waals surface area contributed by atoms with Gasteiger partial charge in [0.25, 0.3) is 0 Å². The number of carbonyl (C=O) groups is 11. The summed E-state index contributed by atoms with van der Waals surface area (Å²) in [6.07, 6.45) is 6.45. The Labute approximate surface area is 437 Å². The van der Waals surface area contributed by atoms with Crippen molar-refractivity contribution in [1.82, 2.24) is 37.2 Å². The molecule has 7 amide bonds. The molecule has 424 valence electrons. The lowest BCUT2D eigenvalue weighted by atomic mass is 10.1. The zero-order valence-corrected chi connectivity index (χ0v) is 49.1. The minimum absolute atomic E-state index is 0.0295. The molecule has 0 aromatic rings. The van der Waals surface area contributed by atoms with Gasteiger partial charge in [-0.15, -0.1) is 0 Å². The van der Waals surface area contributed by atoms with Crippen LogP contribution < -0.4 is 37.2 Å². The molecule has 72 heavy (non-hydrogen) atoms. The number of hydrogen-bond donors (Lipinski definition) is 7. The average molecular weight is 1030 g/mol. The van der Waals surface area contributed by atoms with Gasteiger partial charge in [0, 0.05) is 127 Å². The molecule has 0 bridgehead atoms. The van der Waals surface area contributed by atoms with Crippen molar-refractivity contribution in [2.45, 2.75) is 196 Å². The first-order valence-electron chi connectivity index (χ1n) is 26.1. The summed E-state index contributed by atoms with van der Waals surface area (Å²) >= 11 is 0. The predicted molar refractivity (Wildman–Crippen MR) is 292 cm³/mol. The molecule has 0 radical (unpaired) electrons. The Balaban J connectivity index is -0.000000139. The molecule has 0 atom stereocenters. The summed E-state index contributed by atoms with van der Waals surface area (Å²) < 4.78 is 0. The van der Waals surface area contributed by atoms with Crippen molar-refractivity contribution in [3.8, 4) is 0 Å². The molecule has 18 nitrogen and oxygen atoms in total. The minimum Gasteiger partial charge on any atom is -0.359 e. The highest BCUT2D eigenvalue weighted by atomic mass is 16.2. The van der Waals surface area contributed by atoms with Gasteiger partial charge in [0.1, 0.15) is 23.1 Å². The number of carbonyl (C=O) groups excluding carboxylic acids is 11. The Bertz CT molecular complexity index is 1400. The molecule has 0 rings (SSSR count). The van der Waals surface area contributed by atoms with Gasteiger partial charge >= 0.3 is 0 Å². The van der Waals surface area contributed by atoms with Crippen LogP contribution in [0.1, 0.15) is 196 Å². The Morgan fingerprint density at radius 3 is 0.625 bits per heavy atom. The molecule has 18 heteroatoms. The fourth-order valence-electron chi connectivity index (χ4n) is 4.22. The largest absolute Gasteiger partial charge is 0.359 e. The van der Waals surface area contributed by atoms with Crippen LogP contribution >= 0.6 is 0 Å². The topological polar surface area (TPSA) is 272 Å². The highest BCUT2D eigenvalue weighted by molar-refractivity contribution is 5.81. The lowest BCUT2D eigenvalue weighted by Gasteiger charge is -2.06. The van der Waals surface area contributed by atoms with Gasteiger partial charge in [0.2, 0.25) is 41.4 Å². The van der Waals surface area contributed by atoms with E-state index in [4.69, 9.17) is 0 Å². The van der Waals surface area contributed by atoms with Crippen molar-refractivity contribution in [2.75, 3.05) is 46.8 Å². The standard InChI is InChI=1S/2C10H19NO2.2C9H17NO2.C6H13NO.2C5H11NO/c2*1-4-9(12)6-5-7-11-10(13)8(2)3;2*1-7(2)9(12)10-6-4-5-8(3)11;1-4-7-6(8)5(2)3;2*1-4(2)5(7)6-3/h2*8H,4-7H2,1-3H3,(H,11,13);2*7H,4-6H2,1-3H3,(H,10,12);5H,4H2,1-3H3,(H,7,8);2*4H,1-3H3,(H,6,7). The molecule has 0 aliphatic heterocycles. The highest BCUT2D eigenvalue weighted by Gasteiger charge is 2.09. The molecule has 0 aromatic heterocycles. The van der Waals surface area contributed by atoms with E-state index in [0.29, 0.717) is 64.7 Å². The molecule has 7 N–H and O–H groups in total. The maximum absolute atomic E-state index is 11.1. The van der Waals surface area contributed by atoms with Crippen molar-refractivity contribution in [2.24, 2.45) is 41.4 Å². The Hall–Kier alpha value is -5.03. The number of hydrogen-bond acceptors (Lipinski definition) is 11. The van der Waals surface area contributed by atoms with Gasteiger partial charge in [-0.05, 0) is 46.5 Å². The van der Waals surface area contributed by atoms with Crippen LogP contribution in [0.4, 0.5) is 0 Å². The smallest absolute Gasteiger partial charge is 0.222 e. The zero-order valence-electron chi connectivity index (χ0n) is 49.1. The van der Waals surface area contributed by atoms with Gasteiger partial charge in [-0.3, -0.25) is 43.2 Å². The molecule has 0 aliphatic carbocycles. The van der Waals surface area contributed by atoms with E-state index in [0.717, 1.165) is 32.2 Å². The maximum Gasteiger partial charge on any atom is 0.222 e.